The van der Waals surface area contributed by atoms with Gasteiger partial charge in [0.1, 0.15) is 12.4 Å². The van der Waals surface area contributed by atoms with E-state index in [0.29, 0.717) is 5.56 Å². The Morgan fingerprint density at radius 1 is 1.50 bits per heavy atom. The van der Waals surface area contributed by atoms with Crippen LogP contribution in [0.5, 0.6) is 5.75 Å². The predicted molar refractivity (Wildman–Crippen MR) is 66.4 cm³/mol. The molecule has 1 heterocycles. The summed E-state index contributed by atoms with van der Waals surface area (Å²) < 4.78 is 10.6. The Hall–Kier alpha value is -1.75. The Bertz CT molecular complexity index is 427. The minimum Gasteiger partial charge on any atom is -0.506 e. The van der Waals surface area contributed by atoms with Crippen LogP contribution in [0.1, 0.15) is 29.6 Å². The van der Waals surface area contributed by atoms with Gasteiger partial charge in [0.25, 0.3) is 0 Å². The van der Waals surface area contributed by atoms with Gasteiger partial charge in [0, 0.05) is 6.61 Å². The first-order valence-electron chi connectivity index (χ1n) is 6.04. The summed E-state index contributed by atoms with van der Waals surface area (Å²) in [4.78, 5) is 11.7. The Balaban J connectivity index is 1.88. The largest absolute Gasteiger partial charge is 0.506 e. The van der Waals surface area contributed by atoms with E-state index in [1.807, 2.05) is 0 Å². The Morgan fingerprint density at radius 2 is 2.33 bits per heavy atom. The zero-order valence-electron chi connectivity index (χ0n) is 10.1. The van der Waals surface area contributed by atoms with Crippen molar-refractivity contribution in [2.45, 2.75) is 25.4 Å². The topological polar surface area (TPSA) is 81.8 Å². The molecule has 2 rings (SSSR count). The van der Waals surface area contributed by atoms with Crippen molar-refractivity contribution < 1.29 is 19.4 Å². The van der Waals surface area contributed by atoms with Crippen LogP contribution < -0.4 is 5.73 Å². The lowest BCUT2D eigenvalue weighted by Gasteiger charge is -2.22. The number of rotatable bonds is 3. The summed E-state index contributed by atoms with van der Waals surface area (Å²) in [7, 11) is 0. The van der Waals surface area contributed by atoms with Crippen LogP contribution in [0.3, 0.4) is 0 Å². The van der Waals surface area contributed by atoms with Gasteiger partial charge in [0.15, 0.2) is 0 Å². The van der Waals surface area contributed by atoms with Gasteiger partial charge in [-0.15, -0.1) is 0 Å². The molecule has 1 unspecified atom stereocenters. The van der Waals surface area contributed by atoms with Crippen LogP contribution >= 0.6 is 0 Å². The van der Waals surface area contributed by atoms with Gasteiger partial charge in [-0.25, -0.2) is 4.79 Å². The second-order valence-electron chi connectivity index (χ2n) is 4.36. The van der Waals surface area contributed by atoms with Gasteiger partial charge in [-0.2, -0.15) is 0 Å². The van der Waals surface area contributed by atoms with Crippen LogP contribution in [0.4, 0.5) is 5.69 Å². The summed E-state index contributed by atoms with van der Waals surface area (Å²) in [6.45, 7) is 0.994. The van der Waals surface area contributed by atoms with Gasteiger partial charge in [0.2, 0.25) is 0 Å². The van der Waals surface area contributed by atoms with Crippen LogP contribution in [0.25, 0.3) is 0 Å². The smallest absolute Gasteiger partial charge is 0.338 e. The van der Waals surface area contributed by atoms with Crippen LogP contribution in [0.15, 0.2) is 18.2 Å². The number of anilines is 1. The predicted octanol–water partition coefficient (Wildman–Crippen LogP) is 1.70. The van der Waals surface area contributed by atoms with Crippen molar-refractivity contribution in [2.75, 3.05) is 18.9 Å². The lowest BCUT2D eigenvalue weighted by Crippen LogP contribution is -2.25. The number of hydrogen-bond acceptors (Lipinski definition) is 5. The van der Waals surface area contributed by atoms with Gasteiger partial charge >= 0.3 is 5.97 Å². The van der Waals surface area contributed by atoms with Gasteiger partial charge < -0.3 is 20.3 Å². The van der Waals surface area contributed by atoms with E-state index in [1.54, 1.807) is 0 Å². The monoisotopic (exact) mass is 251 g/mol. The quantitative estimate of drug-likeness (QED) is 0.485. The fraction of sp³-hybridized carbons (Fsp3) is 0.462. The molecule has 1 atom stereocenters. The van der Waals surface area contributed by atoms with Crippen molar-refractivity contribution in [1.29, 1.82) is 0 Å². The number of phenols is 1. The normalized spacial score (nSPS) is 19.4. The maximum Gasteiger partial charge on any atom is 0.338 e. The molecule has 1 aliphatic rings. The molecular formula is C13H17NO4. The fourth-order valence-electron chi connectivity index (χ4n) is 1.87. The third-order valence-corrected chi connectivity index (χ3v) is 2.94. The number of esters is 1. The van der Waals surface area contributed by atoms with Crippen molar-refractivity contribution in [3.05, 3.63) is 23.8 Å². The number of aromatic hydroxyl groups is 1. The standard InChI is InChI=1S/C13H17NO4/c14-11-7-9(4-5-12(11)15)13(16)18-8-10-3-1-2-6-17-10/h4-5,7,10,15H,1-3,6,8,14H2. The molecule has 1 aromatic rings. The lowest BCUT2D eigenvalue weighted by molar-refractivity contribution is -0.0300. The van der Waals surface area contributed by atoms with E-state index in [-0.39, 0.29) is 24.1 Å². The number of hydrogen-bond donors (Lipinski definition) is 2. The molecule has 98 valence electrons. The highest BCUT2D eigenvalue weighted by Crippen LogP contribution is 2.21. The van der Waals surface area contributed by atoms with Gasteiger partial charge in [-0.1, -0.05) is 0 Å². The number of carbonyl (C=O) groups is 1. The van der Waals surface area contributed by atoms with Crippen molar-refractivity contribution in [3.8, 4) is 5.75 Å². The number of benzene rings is 1. The summed E-state index contributed by atoms with van der Waals surface area (Å²) in [5, 5.41) is 9.26. The van der Waals surface area contributed by atoms with Gasteiger partial charge in [-0.3, -0.25) is 0 Å². The first kappa shape index (κ1) is 12.7. The molecule has 0 radical (unpaired) electrons. The van der Waals surface area contributed by atoms with Gasteiger partial charge in [-0.05, 0) is 37.5 Å². The van der Waals surface area contributed by atoms with Crippen molar-refractivity contribution >= 4 is 11.7 Å². The maximum atomic E-state index is 11.7. The molecule has 1 saturated heterocycles. The number of carbonyl (C=O) groups excluding carboxylic acids is 1. The van der Waals surface area contributed by atoms with E-state index >= 15 is 0 Å². The molecule has 0 saturated carbocycles. The second kappa shape index (κ2) is 5.73. The molecule has 0 amide bonds. The van der Waals surface area contributed by atoms with Crippen LogP contribution in [0.2, 0.25) is 0 Å². The third-order valence-electron chi connectivity index (χ3n) is 2.94. The van der Waals surface area contributed by atoms with Crippen LogP contribution in [0, 0.1) is 0 Å². The summed E-state index contributed by atoms with van der Waals surface area (Å²) in [5.41, 5.74) is 6.01. The molecule has 1 fully saturated rings. The molecule has 5 nitrogen and oxygen atoms in total. The van der Waals surface area contributed by atoms with Crippen molar-refractivity contribution in [3.63, 3.8) is 0 Å². The molecular weight excluding hydrogens is 234 g/mol. The fourth-order valence-corrected chi connectivity index (χ4v) is 1.87. The summed E-state index contributed by atoms with van der Waals surface area (Å²) >= 11 is 0. The molecule has 0 aromatic heterocycles. The number of nitrogens with two attached hydrogens (primary N) is 1. The Labute approximate surface area is 106 Å². The van der Waals surface area contributed by atoms with E-state index < -0.39 is 5.97 Å². The average molecular weight is 251 g/mol. The number of phenolic OH excluding ortho intramolecular Hbond substituents is 1. The van der Waals surface area contributed by atoms with E-state index in [0.717, 1.165) is 25.9 Å². The highest BCUT2D eigenvalue weighted by atomic mass is 16.6. The van der Waals surface area contributed by atoms with Crippen molar-refractivity contribution in [1.82, 2.24) is 0 Å². The SMILES string of the molecule is Nc1cc(C(=O)OCC2CCCCO2)ccc1O. The first-order chi connectivity index (χ1) is 8.66. The Morgan fingerprint density at radius 3 is 3.00 bits per heavy atom. The molecule has 5 heteroatoms. The van der Waals surface area contributed by atoms with E-state index in [1.165, 1.54) is 18.2 Å². The minimum atomic E-state index is -0.448. The lowest BCUT2D eigenvalue weighted by atomic mass is 10.1. The van der Waals surface area contributed by atoms with Crippen LogP contribution in [-0.4, -0.2) is 30.4 Å². The van der Waals surface area contributed by atoms with E-state index in [9.17, 15) is 9.90 Å². The van der Waals surface area contributed by atoms with E-state index in [2.05, 4.69) is 0 Å². The zero-order chi connectivity index (χ0) is 13.0. The van der Waals surface area contributed by atoms with Crippen molar-refractivity contribution in [2.24, 2.45) is 0 Å². The molecule has 0 bridgehead atoms. The highest BCUT2D eigenvalue weighted by molar-refractivity contribution is 5.91. The molecule has 1 aliphatic heterocycles. The average Bonchev–Trinajstić information content (AvgIpc) is 2.40. The third kappa shape index (κ3) is 3.13. The molecule has 3 N–H and O–H groups in total. The highest BCUT2D eigenvalue weighted by Gasteiger charge is 2.17. The molecule has 0 spiro atoms. The number of nitrogen functional groups attached to an aromatic ring is 1. The molecule has 1 aromatic carbocycles. The van der Waals surface area contributed by atoms with Gasteiger partial charge in [0.05, 0.1) is 17.4 Å². The minimum absolute atomic E-state index is 0.00263. The molecule has 18 heavy (non-hydrogen) atoms. The zero-order valence-corrected chi connectivity index (χ0v) is 10.1. The number of ether oxygens (including phenoxy) is 2. The second-order valence-corrected chi connectivity index (χ2v) is 4.36. The summed E-state index contributed by atoms with van der Waals surface area (Å²) in [6, 6.07) is 4.26. The maximum absolute atomic E-state index is 11.7. The Kier molecular flexibility index (Phi) is 4.04. The summed E-state index contributed by atoms with van der Waals surface area (Å²) in [5.74, 6) is -0.488. The van der Waals surface area contributed by atoms with E-state index in [4.69, 9.17) is 15.2 Å². The summed E-state index contributed by atoms with van der Waals surface area (Å²) in [6.07, 6.45) is 3.09. The first-order valence-corrected chi connectivity index (χ1v) is 6.04. The molecule has 0 aliphatic carbocycles. The van der Waals surface area contributed by atoms with Crippen LogP contribution in [-0.2, 0) is 9.47 Å².